The molecule has 10 heteroatoms. The van der Waals surface area contributed by atoms with E-state index in [9.17, 15) is 23.6 Å². The average molecular weight is 447 g/mol. The number of rotatable bonds is 5. The summed E-state index contributed by atoms with van der Waals surface area (Å²) in [5.74, 6) is -2.54. The van der Waals surface area contributed by atoms with Crippen molar-refractivity contribution in [1.29, 1.82) is 0 Å². The number of piperazine rings is 1. The van der Waals surface area contributed by atoms with E-state index in [4.69, 9.17) is 0 Å². The average Bonchev–Trinajstić information content (AvgIpc) is 3.32. The molecule has 3 amide bonds. The molecule has 8 nitrogen and oxygen atoms in total. The second kappa shape index (κ2) is 9.69. The Hall–Kier alpha value is -3.27. The molecule has 0 aliphatic carbocycles. The Kier molecular flexibility index (Phi) is 7.01. The number of benzene rings is 1. The number of methoxy groups -OCH3 is 1. The van der Waals surface area contributed by atoms with Crippen LogP contribution in [0.15, 0.2) is 41.8 Å². The van der Waals surface area contributed by atoms with Gasteiger partial charge in [-0.2, -0.15) is 0 Å². The van der Waals surface area contributed by atoms with Crippen LogP contribution in [0.3, 0.4) is 0 Å². The Bertz CT molecular complexity index is 981. The molecule has 1 fully saturated rings. The Balaban J connectivity index is 1.83. The lowest BCUT2D eigenvalue weighted by molar-refractivity contribution is -0.145. The van der Waals surface area contributed by atoms with Crippen molar-refractivity contribution in [2.75, 3.05) is 26.7 Å². The van der Waals surface area contributed by atoms with Gasteiger partial charge in [-0.3, -0.25) is 14.4 Å². The molecule has 1 saturated heterocycles. The highest BCUT2D eigenvalue weighted by Crippen LogP contribution is 2.20. The van der Waals surface area contributed by atoms with E-state index >= 15 is 0 Å². The van der Waals surface area contributed by atoms with E-state index in [1.807, 2.05) is 0 Å². The number of carbonyl (C=O) groups is 4. The number of hydrogen-bond donors (Lipinski definition) is 1. The number of halogens is 1. The molecule has 3 rings (SSSR count). The molecule has 2 unspecified atom stereocenters. The third kappa shape index (κ3) is 5.08. The predicted octanol–water partition coefficient (Wildman–Crippen LogP) is 1.53. The first-order chi connectivity index (χ1) is 14.8. The van der Waals surface area contributed by atoms with Gasteiger partial charge in [0.1, 0.15) is 17.9 Å². The number of amides is 3. The molecule has 0 spiro atoms. The summed E-state index contributed by atoms with van der Waals surface area (Å²) in [5, 5.41) is 4.29. The van der Waals surface area contributed by atoms with Crippen LogP contribution in [0.25, 0.3) is 0 Å². The smallest absolute Gasteiger partial charge is 0.328 e. The van der Waals surface area contributed by atoms with Gasteiger partial charge in [0.15, 0.2) is 0 Å². The van der Waals surface area contributed by atoms with Gasteiger partial charge in [-0.25, -0.2) is 9.18 Å². The lowest BCUT2D eigenvalue weighted by atomic mass is 10.1. The first-order valence-corrected chi connectivity index (χ1v) is 10.5. The van der Waals surface area contributed by atoms with E-state index in [0.29, 0.717) is 4.88 Å². The summed E-state index contributed by atoms with van der Waals surface area (Å²) in [6.07, 6.45) is 0. The molecule has 1 aliphatic heterocycles. The molecular formula is C21H22FN3O5S. The second-order valence-corrected chi connectivity index (χ2v) is 7.95. The highest BCUT2D eigenvalue weighted by molar-refractivity contribution is 7.12. The molecule has 1 aliphatic rings. The van der Waals surface area contributed by atoms with Crippen molar-refractivity contribution >= 4 is 35.0 Å². The Morgan fingerprint density at radius 1 is 1.16 bits per heavy atom. The number of ether oxygens (including phenoxy) is 1. The van der Waals surface area contributed by atoms with Crippen LogP contribution >= 0.6 is 11.3 Å². The van der Waals surface area contributed by atoms with Crippen molar-refractivity contribution in [3.05, 3.63) is 58.0 Å². The summed E-state index contributed by atoms with van der Waals surface area (Å²) in [5.41, 5.74) is 0.153. The SMILES string of the molecule is COC(=O)C(C)NC(=O)C1CN(C(=O)c2cccc(F)c2)CCN1C(=O)c1cccs1. The number of carbonyl (C=O) groups excluding carboxylic acids is 4. The van der Waals surface area contributed by atoms with Crippen molar-refractivity contribution in [2.24, 2.45) is 0 Å². The highest BCUT2D eigenvalue weighted by Gasteiger charge is 2.38. The molecule has 0 saturated carbocycles. The van der Waals surface area contributed by atoms with Crippen LogP contribution in [0.1, 0.15) is 27.0 Å². The van der Waals surface area contributed by atoms with Gasteiger partial charge in [-0.15, -0.1) is 11.3 Å². The Morgan fingerprint density at radius 2 is 1.94 bits per heavy atom. The van der Waals surface area contributed by atoms with Crippen LogP contribution in [0.4, 0.5) is 4.39 Å². The summed E-state index contributed by atoms with van der Waals surface area (Å²) in [4.78, 5) is 53.7. The fraction of sp³-hybridized carbons (Fsp3) is 0.333. The van der Waals surface area contributed by atoms with E-state index in [1.54, 1.807) is 17.5 Å². The molecular weight excluding hydrogens is 425 g/mol. The van der Waals surface area contributed by atoms with Gasteiger partial charge < -0.3 is 19.9 Å². The van der Waals surface area contributed by atoms with Crippen molar-refractivity contribution in [2.45, 2.75) is 19.0 Å². The molecule has 164 valence electrons. The summed E-state index contributed by atoms with van der Waals surface area (Å²) in [6.45, 7) is 1.67. The lowest BCUT2D eigenvalue weighted by Gasteiger charge is -2.40. The van der Waals surface area contributed by atoms with Crippen molar-refractivity contribution in [3.63, 3.8) is 0 Å². The van der Waals surface area contributed by atoms with Crippen molar-refractivity contribution in [3.8, 4) is 0 Å². The van der Waals surface area contributed by atoms with Crippen molar-refractivity contribution in [1.82, 2.24) is 15.1 Å². The molecule has 1 N–H and O–H groups in total. The fourth-order valence-corrected chi connectivity index (χ4v) is 4.00. The zero-order chi connectivity index (χ0) is 22.5. The van der Waals surface area contributed by atoms with Gasteiger partial charge in [0, 0.05) is 18.7 Å². The monoisotopic (exact) mass is 447 g/mol. The quantitative estimate of drug-likeness (QED) is 0.702. The maximum absolute atomic E-state index is 13.5. The predicted molar refractivity (Wildman–Crippen MR) is 111 cm³/mol. The van der Waals surface area contributed by atoms with Crippen molar-refractivity contribution < 1.29 is 28.3 Å². The molecule has 2 heterocycles. The molecule has 1 aromatic heterocycles. The van der Waals surface area contributed by atoms with Gasteiger partial charge in [0.25, 0.3) is 11.8 Å². The minimum atomic E-state index is -1.02. The highest BCUT2D eigenvalue weighted by atomic mass is 32.1. The van der Waals surface area contributed by atoms with Gasteiger partial charge in [0.05, 0.1) is 18.5 Å². The van der Waals surface area contributed by atoms with Crippen LogP contribution in [-0.4, -0.2) is 72.3 Å². The number of hydrogen-bond acceptors (Lipinski definition) is 6. The van der Waals surface area contributed by atoms with Crippen LogP contribution < -0.4 is 5.32 Å². The van der Waals surface area contributed by atoms with E-state index in [0.717, 1.165) is 6.07 Å². The molecule has 1 aromatic carbocycles. The van der Waals surface area contributed by atoms with Gasteiger partial charge >= 0.3 is 5.97 Å². The maximum Gasteiger partial charge on any atom is 0.328 e. The van der Waals surface area contributed by atoms with Gasteiger partial charge in [0.2, 0.25) is 5.91 Å². The minimum absolute atomic E-state index is 0.0911. The number of nitrogens with zero attached hydrogens (tertiary/aromatic N) is 2. The summed E-state index contributed by atoms with van der Waals surface area (Å²) >= 11 is 1.25. The normalized spacial score (nSPS) is 17.1. The lowest BCUT2D eigenvalue weighted by Crippen LogP contribution is -2.62. The van der Waals surface area contributed by atoms with E-state index in [-0.39, 0.29) is 31.1 Å². The number of thiophene rings is 1. The zero-order valence-electron chi connectivity index (χ0n) is 17.0. The number of nitrogens with one attached hydrogen (secondary N) is 1. The first kappa shape index (κ1) is 22.4. The fourth-order valence-electron chi connectivity index (χ4n) is 3.33. The summed E-state index contributed by atoms with van der Waals surface area (Å²) in [7, 11) is 1.21. The van der Waals surface area contributed by atoms with Gasteiger partial charge in [-0.05, 0) is 36.6 Å². The third-order valence-electron chi connectivity index (χ3n) is 4.95. The molecule has 31 heavy (non-hydrogen) atoms. The third-order valence-corrected chi connectivity index (χ3v) is 5.81. The molecule has 0 bridgehead atoms. The molecule has 2 atom stereocenters. The largest absolute Gasteiger partial charge is 0.467 e. The van der Waals surface area contributed by atoms with Crippen LogP contribution in [0.5, 0.6) is 0 Å². The maximum atomic E-state index is 13.5. The zero-order valence-corrected chi connectivity index (χ0v) is 17.9. The van der Waals surface area contributed by atoms with E-state index in [2.05, 4.69) is 10.1 Å². The Labute approximate surface area is 182 Å². The van der Waals surface area contributed by atoms with E-state index < -0.39 is 35.7 Å². The van der Waals surface area contributed by atoms with Crippen LogP contribution in [0, 0.1) is 5.82 Å². The molecule has 2 aromatic rings. The van der Waals surface area contributed by atoms with Crippen LogP contribution in [-0.2, 0) is 14.3 Å². The minimum Gasteiger partial charge on any atom is -0.467 e. The Morgan fingerprint density at radius 3 is 2.58 bits per heavy atom. The molecule has 0 radical (unpaired) electrons. The van der Waals surface area contributed by atoms with E-state index in [1.165, 1.54) is 53.4 Å². The van der Waals surface area contributed by atoms with Crippen LogP contribution in [0.2, 0.25) is 0 Å². The standard InChI is InChI=1S/C21H22FN3O5S/c1-13(21(29)30-2)23-18(26)16-12-24(19(27)14-5-3-6-15(22)11-14)8-9-25(16)20(28)17-7-4-10-31-17/h3-7,10-11,13,16H,8-9,12H2,1-2H3,(H,23,26). The topological polar surface area (TPSA) is 96.0 Å². The number of esters is 1. The second-order valence-electron chi connectivity index (χ2n) is 7.01. The van der Waals surface area contributed by atoms with Gasteiger partial charge in [-0.1, -0.05) is 12.1 Å². The summed E-state index contributed by atoms with van der Waals surface area (Å²) < 4.78 is 18.2. The first-order valence-electron chi connectivity index (χ1n) is 9.59. The summed E-state index contributed by atoms with van der Waals surface area (Å²) in [6, 6.07) is 6.72.